The van der Waals surface area contributed by atoms with Crippen LogP contribution in [0.25, 0.3) is 10.9 Å². The molecule has 34 heavy (non-hydrogen) atoms. The summed E-state index contributed by atoms with van der Waals surface area (Å²) in [5.41, 5.74) is 1.56. The minimum atomic E-state index is -4.08. The van der Waals surface area contributed by atoms with Crippen molar-refractivity contribution in [1.82, 2.24) is 19.6 Å². The number of carbonyl (C=O) groups is 1. The van der Waals surface area contributed by atoms with Gasteiger partial charge < -0.3 is 9.80 Å². The van der Waals surface area contributed by atoms with E-state index in [2.05, 4.69) is 33.5 Å². The van der Waals surface area contributed by atoms with Gasteiger partial charge in [-0.25, -0.2) is 18.1 Å². The average Bonchev–Trinajstić information content (AvgIpc) is 3.66. The molecule has 1 aromatic carbocycles. The topological polar surface area (TPSA) is 95.5 Å². The standard InChI is InChI=1S/C25H29N5O3S/c1-3-18-16-20(23(27-17-18)30-14-12-29(2)13-15-30)25(9-10-25)24(31)28-34(32,33)22-8-4-7-21-19(22)6-5-11-26-21/h4-8,11,16-17H,3,9-10,12-15H2,1-2H3,(H,28,31). The van der Waals surface area contributed by atoms with Gasteiger partial charge in [0.15, 0.2) is 0 Å². The molecule has 2 aliphatic rings. The third kappa shape index (κ3) is 4.03. The minimum Gasteiger partial charge on any atom is -0.354 e. The smallest absolute Gasteiger partial charge is 0.264 e. The van der Waals surface area contributed by atoms with Crippen LogP contribution in [-0.2, 0) is 26.7 Å². The van der Waals surface area contributed by atoms with E-state index >= 15 is 0 Å². The molecule has 0 atom stereocenters. The molecular formula is C25H29N5O3S. The molecule has 3 aromatic rings. The molecule has 1 aliphatic heterocycles. The molecule has 5 rings (SSSR count). The molecule has 0 bridgehead atoms. The molecule has 9 heteroatoms. The average molecular weight is 480 g/mol. The van der Waals surface area contributed by atoms with Gasteiger partial charge in [0.2, 0.25) is 5.91 Å². The van der Waals surface area contributed by atoms with E-state index in [0.717, 1.165) is 49.5 Å². The number of aromatic nitrogens is 2. The third-order valence-corrected chi connectivity index (χ3v) is 8.35. The first-order valence-corrected chi connectivity index (χ1v) is 13.2. The van der Waals surface area contributed by atoms with Gasteiger partial charge in [0.05, 0.1) is 15.8 Å². The molecule has 2 aromatic heterocycles. The maximum atomic E-state index is 13.6. The van der Waals surface area contributed by atoms with Gasteiger partial charge in [-0.15, -0.1) is 0 Å². The summed E-state index contributed by atoms with van der Waals surface area (Å²) in [4.78, 5) is 27.1. The summed E-state index contributed by atoms with van der Waals surface area (Å²) >= 11 is 0. The van der Waals surface area contributed by atoms with Crippen LogP contribution in [0.3, 0.4) is 0 Å². The number of pyridine rings is 2. The first-order chi connectivity index (χ1) is 16.3. The number of likely N-dealkylation sites (N-methyl/N-ethyl adjacent to an activating group) is 1. The van der Waals surface area contributed by atoms with Crippen LogP contribution in [0.15, 0.2) is 53.7 Å². The highest BCUT2D eigenvalue weighted by Gasteiger charge is 2.54. The minimum absolute atomic E-state index is 0.0574. The number of benzene rings is 1. The Hall–Kier alpha value is -3.04. The van der Waals surface area contributed by atoms with E-state index in [1.54, 1.807) is 30.5 Å². The SMILES string of the molecule is CCc1cnc(N2CCN(C)CC2)c(C2(C(=O)NS(=O)(=O)c3cccc4ncccc34)CC2)c1. The number of hydrogen-bond donors (Lipinski definition) is 1. The predicted molar refractivity (Wildman–Crippen MR) is 131 cm³/mol. The summed E-state index contributed by atoms with van der Waals surface area (Å²) in [6, 6.07) is 10.3. The van der Waals surface area contributed by atoms with Crippen molar-refractivity contribution < 1.29 is 13.2 Å². The van der Waals surface area contributed by atoms with Gasteiger partial charge in [0.25, 0.3) is 10.0 Å². The van der Waals surface area contributed by atoms with Gasteiger partial charge in [-0.05, 0) is 62.2 Å². The lowest BCUT2D eigenvalue weighted by molar-refractivity contribution is -0.121. The Morgan fingerprint density at radius 1 is 1.09 bits per heavy atom. The maximum absolute atomic E-state index is 13.6. The predicted octanol–water partition coefficient (Wildman–Crippen LogP) is 2.48. The number of rotatable bonds is 6. The van der Waals surface area contributed by atoms with Crippen molar-refractivity contribution in [3.05, 3.63) is 59.9 Å². The van der Waals surface area contributed by atoms with Crippen LogP contribution in [0.2, 0.25) is 0 Å². The maximum Gasteiger partial charge on any atom is 0.264 e. The highest BCUT2D eigenvalue weighted by molar-refractivity contribution is 7.90. The molecule has 1 N–H and O–H groups in total. The van der Waals surface area contributed by atoms with Crippen molar-refractivity contribution in [1.29, 1.82) is 0 Å². The number of nitrogens with zero attached hydrogens (tertiary/aromatic N) is 4. The van der Waals surface area contributed by atoms with Gasteiger partial charge >= 0.3 is 0 Å². The van der Waals surface area contributed by atoms with Crippen LogP contribution < -0.4 is 9.62 Å². The molecule has 1 aliphatic carbocycles. The molecule has 1 saturated carbocycles. The van der Waals surface area contributed by atoms with Crippen molar-refractivity contribution in [2.75, 3.05) is 38.1 Å². The van der Waals surface area contributed by atoms with Crippen LogP contribution in [0.1, 0.15) is 30.9 Å². The molecule has 0 radical (unpaired) electrons. The van der Waals surface area contributed by atoms with Crippen LogP contribution in [0, 0.1) is 0 Å². The van der Waals surface area contributed by atoms with Gasteiger partial charge in [0.1, 0.15) is 5.82 Å². The fraction of sp³-hybridized carbons (Fsp3) is 0.400. The zero-order valence-electron chi connectivity index (χ0n) is 19.5. The lowest BCUT2D eigenvalue weighted by Crippen LogP contribution is -2.46. The number of sulfonamides is 1. The third-order valence-electron chi connectivity index (χ3n) is 6.96. The van der Waals surface area contributed by atoms with Gasteiger partial charge in [-0.3, -0.25) is 9.78 Å². The van der Waals surface area contributed by atoms with E-state index < -0.39 is 21.3 Å². The van der Waals surface area contributed by atoms with Crippen LogP contribution in [0.5, 0.6) is 0 Å². The Kier molecular flexibility index (Phi) is 5.77. The lowest BCUT2D eigenvalue weighted by atomic mass is 9.93. The van der Waals surface area contributed by atoms with E-state index in [9.17, 15) is 13.2 Å². The Balaban J connectivity index is 1.49. The van der Waals surface area contributed by atoms with Gasteiger partial charge in [-0.1, -0.05) is 13.0 Å². The second-order valence-electron chi connectivity index (χ2n) is 9.20. The molecule has 0 unspecified atom stereocenters. The van der Waals surface area contributed by atoms with Crippen LogP contribution in [-0.4, -0.2) is 62.4 Å². The number of anilines is 1. The summed E-state index contributed by atoms with van der Waals surface area (Å²) in [5.74, 6) is 0.309. The second-order valence-corrected chi connectivity index (χ2v) is 10.9. The van der Waals surface area contributed by atoms with Crippen LogP contribution >= 0.6 is 0 Å². The summed E-state index contributed by atoms with van der Waals surface area (Å²) in [6.07, 6.45) is 5.47. The largest absolute Gasteiger partial charge is 0.354 e. The molecular weight excluding hydrogens is 450 g/mol. The summed E-state index contributed by atoms with van der Waals surface area (Å²) in [6.45, 7) is 5.52. The number of nitrogens with one attached hydrogen (secondary N) is 1. The van der Waals surface area contributed by atoms with E-state index in [0.29, 0.717) is 23.7 Å². The van der Waals surface area contributed by atoms with Gasteiger partial charge in [-0.2, -0.15) is 0 Å². The van der Waals surface area contributed by atoms with E-state index in [1.807, 2.05) is 12.3 Å². The first kappa shape index (κ1) is 22.7. The normalized spacial score (nSPS) is 18.1. The van der Waals surface area contributed by atoms with Crippen molar-refractivity contribution in [3.63, 3.8) is 0 Å². The van der Waals surface area contributed by atoms with E-state index in [1.165, 1.54) is 6.07 Å². The second kappa shape index (κ2) is 8.63. The number of hydrogen-bond acceptors (Lipinski definition) is 7. The summed E-state index contributed by atoms with van der Waals surface area (Å²) in [7, 11) is -1.99. The Morgan fingerprint density at radius 2 is 1.85 bits per heavy atom. The molecule has 3 heterocycles. The first-order valence-electron chi connectivity index (χ1n) is 11.7. The van der Waals surface area contributed by atoms with Gasteiger partial charge in [0, 0.05) is 49.5 Å². The van der Waals surface area contributed by atoms with Crippen molar-refractivity contribution >= 4 is 32.7 Å². The Bertz CT molecular complexity index is 1340. The number of fused-ring (bicyclic) bond motifs is 1. The molecule has 8 nitrogen and oxygen atoms in total. The number of amides is 1. The van der Waals surface area contributed by atoms with Crippen molar-refractivity contribution in [3.8, 4) is 0 Å². The molecule has 1 saturated heterocycles. The van der Waals surface area contributed by atoms with Crippen LogP contribution in [0.4, 0.5) is 5.82 Å². The number of piperazine rings is 1. The Morgan fingerprint density at radius 3 is 2.56 bits per heavy atom. The molecule has 1 amide bonds. The molecule has 2 fully saturated rings. The fourth-order valence-electron chi connectivity index (χ4n) is 4.64. The fourth-order valence-corrected chi connectivity index (χ4v) is 5.91. The lowest BCUT2D eigenvalue weighted by Gasteiger charge is -2.35. The molecule has 178 valence electrons. The zero-order chi connectivity index (χ0) is 23.9. The van der Waals surface area contributed by atoms with E-state index in [4.69, 9.17) is 4.98 Å². The Labute approximate surface area is 200 Å². The number of carbonyl (C=O) groups excluding carboxylic acids is 1. The highest BCUT2D eigenvalue weighted by Crippen LogP contribution is 2.51. The highest BCUT2D eigenvalue weighted by atomic mass is 32.2. The molecule has 0 spiro atoms. The van der Waals surface area contributed by atoms with Crippen molar-refractivity contribution in [2.45, 2.75) is 36.5 Å². The van der Waals surface area contributed by atoms with E-state index in [-0.39, 0.29) is 4.90 Å². The summed E-state index contributed by atoms with van der Waals surface area (Å²) in [5, 5.41) is 0.489. The zero-order valence-corrected chi connectivity index (χ0v) is 20.3. The monoisotopic (exact) mass is 479 g/mol. The quantitative estimate of drug-likeness (QED) is 0.580. The summed E-state index contributed by atoms with van der Waals surface area (Å²) < 4.78 is 29.0. The number of aryl methyl sites for hydroxylation is 1. The van der Waals surface area contributed by atoms with Crippen molar-refractivity contribution in [2.24, 2.45) is 0 Å².